The average Bonchev–Trinajstić information content (AvgIpc) is 2.71. The molecular formula is C22H23N3O3. The van der Waals surface area contributed by atoms with Crippen molar-refractivity contribution < 1.29 is 14.7 Å². The Morgan fingerprint density at radius 2 is 1.86 bits per heavy atom. The lowest BCUT2D eigenvalue weighted by Gasteiger charge is -2.19. The summed E-state index contributed by atoms with van der Waals surface area (Å²) >= 11 is 0. The number of unbranched alkanes of at least 4 members (excludes halogenated alkanes) is 1. The van der Waals surface area contributed by atoms with Crippen LogP contribution in [0.1, 0.15) is 40.5 Å². The first-order valence-electron chi connectivity index (χ1n) is 9.25. The second kappa shape index (κ2) is 8.52. The van der Waals surface area contributed by atoms with E-state index >= 15 is 0 Å². The van der Waals surface area contributed by atoms with Gasteiger partial charge in [0.2, 0.25) is 0 Å². The first-order chi connectivity index (χ1) is 13.5. The minimum Gasteiger partial charge on any atom is -0.478 e. The quantitative estimate of drug-likeness (QED) is 0.637. The van der Waals surface area contributed by atoms with Gasteiger partial charge in [0.15, 0.2) is 0 Å². The topological polar surface area (TPSA) is 82.5 Å². The number of nitrogens with zero attached hydrogens (tertiary/aromatic N) is 2. The number of benzene rings is 2. The number of carboxylic acid groups (broad SMARTS) is 1. The van der Waals surface area contributed by atoms with Gasteiger partial charge in [-0.05, 0) is 42.8 Å². The fourth-order valence-electron chi connectivity index (χ4n) is 2.96. The molecular weight excluding hydrogens is 354 g/mol. The van der Waals surface area contributed by atoms with Crippen LogP contribution in [0.4, 0.5) is 11.5 Å². The monoisotopic (exact) mass is 377 g/mol. The molecule has 28 heavy (non-hydrogen) atoms. The third kappa shape index (κ3) is 4.28. The highest BCUT2D eigenvalue weighted by atomic mass is 16.4. The maximum atomic E-state index is 12.4. The first kappa shape index (κ1) is 19.4. The predicted molar refractivity (Wildman–Crippen MR) is 111 cm³/mol. The van der Waals surface area contributed by atoms with E-state index in [1.165, 1.54) is 0 Å². The van der Waals surface area contributed by atoms with E-state index in [0.717, 1.165) is 19.4 Å². The van der Waals surface area contributed by atoms with Crippen molar-refractivity contribution >= 4 is 34.3 Å². The summed E-state index contributed by atoms with van der Waals surface area (Å²) in [6.07, 6.45) is 2.05. The van der Waals surface area contributed by atoms with Crippen LogP contribution in [-0.2, 0) is 0 Å². The molecule has 0 aliphatic rings. The van der Waals surface area contributed by atoms with Crippen LogP contribution in [0.25, 0.3) is 10.9 Å². The van der Waals surface area contributed by atoms with Crippen molar-refractivity contribution in [1.82, 2.24) is 4.98 Å². The molecule has 6 heteroatoms. The number of anilines is 2. The Bertz CT molecular complexity index is 1000. The minimum atomic E-state index is -1.02. The van der Waals surface area contributed by atoms with Crippen molar-refractivity contribution in [1.29, 1.82) is 0 Å². The predicted octanol–water partition coefficient (Wildman–Crippen LogP) is 4.42. The van der Waals surface area contributed by atoms with Gasteiger partial charge >= 0.3 is 5.97 Å². The number of rotatable bonds is 7. The van der Waals surface area contributed by atoms with Crippen molar-refractivity contribution in [2.75, 3.05) is 23.8 Å². The number of aromatic carboxylic acids is 1. The van der Waals surface area contributed by atoms with Gasteiger partial charge < -0.3 is 15.3 Å². The molecule has 0 fully saturated rings. The first-order valence-corrected chi connectivity index (χ1v) is 9.25. The smallest absolute Gasteiger partial charge is 0.336 e. The molecule has 0 spiro atoms. The highest BCUT2D eigenvalue weighted by molar-refractivity contribution is 6.07. The second-order valence-electron chi connectivity index (χ2n) is 6.66. The number of hydrogen-bond donors (Lipinski definition) is 2. The molecule has 1 amide bonds. The van der Waals surface area contributed by atoms with Gasteiger partial charge in [-0.15, -0.1) is 0 Å². The Kier molecular flexibility index (Phi) is 5.89. The highest BCUT2D eigenvalue weighted by Crippen LogP contribution is 2.26. The van der Waals surface area contributed by atoms with Gasteiger partial charge in [-0.1, -0.05) is 31.5 Å². The normalized spacial score (nSPS) is 10.6. The molecule has 0 saturated heterocycles. The third-order valence-corrected chi connectivity index (χ3v) is 4.56. The molecule has 0 saturated carbocycles. The maximum Gasteiger partial charge on any atom is 0.336 e. The lowest BCUT2D eigenvalue weighted by molar-refractivity contribution is 0.0698. The molecule has 2 aromatic carbocycles. The lowest BCUT2D eigenvalue weighted by Crippen LogP contribution is -2.20. The Labute approximate surface area is 163 Å². The molecule has 6 nitrogen and oxygen atoms in total. The number of amides is 1. The Hall–Kier alpha value is -3.41. The molecule has 144 valence electrons. The number of carbonyl (C=O) groups excluding carboxylic acids is 1. The zero-order valence-corrected chi connectivity index (χ0v) is 16.0. The lowest BCUT2D eigenvalue weighted by atomic mass is 10.1. The van der Waals surface area contributed by atoms with E-state index in [1.807, 2.05) is 18.0 Å². The summed E-state index contributed by atoms with van der Waals surface area (Å²) in [6, 6.07) is 15.6. The Balaban J connectivity index is 1.95. The van der Waals surface area contributed by atoms with Crippen molar-refractivity contribution in [3.05, 3.63) is 65.7 Å². The van der Waals surface area contributed by atoms with Gasteiger partial charge in [0.1, 0.15) is 5.82 Å². The standard InChI is InChI=1S/C22H23N3O3/c1-3-4-12-25(2)20-14-18(22(27)28)17-13-16(10-11-19(17)24-20)23-21(26)15-8-6-5-7-9-15/h5-11,13-14H,3-4,12H2,1-2H3,(H,23,26)(H,27,28). The molecule has 0 aliphatic carbocycles. The summed E-state index contributed by atoms with van der Waals surface area (Å²) in [6.45, 7) is 2.91. The molecule has 0 unspecified atom stereocenters. The number of nitrogens with one attached hydrogen (secondary N) is 1. The van der Waals surface area contributed by atoms with Gasteiger partial charge in [0.05, 0.1) is 11.1 Å². The van der Waals surface area contributed by atoms with E-state index in [9.17, 15) is 14.7 Å². The molecule has 1 aromatic heterocycles. The summed E-state index contributed by atoms with van der Waals surface area (Å²) in [4.78, 5) is 30.7. The van der Waals surface area contributed by atoms with Crippen LogP contribution in [0.3, 0.4) is 0 Å². The number of hydrogen-bond acceptors (Lipinski definition) is 4. The fourth-order valence-corrected chi connectivity index (χ4v) is 2.96. The molecule has 3 aromatic rings. The van der Waals surface area contributed by atoms with Crippen LogP contribution in [0, 0.1) is 0 Å². The van der Waals surface area contributed by atoms with Crippen molar-refractivity contribution in [2.45, 2.75) is 19.8 Å². The van der Waals surface area contributed by atoms with E-state index in [-0.39, 0.29) is 11.5 Å². The van der Waals surface area contributed by atoms with Crippen molar-refractivity contribution in [3.63, 3.8) is 0 Å². The van der Waals surface area contributed by atoms with E-state index in [4.69, 9.17) is 0 Å². The van der Waals surface area contributed by atoms with E-state index < -0.39 is 5.97 Å². The van der Waals surface area contributed by atoms with Gasteiger partial charge in [-0.25, -0.2) is 9.78 Å². The van der Waals surface area contributed by atoms with Crippen molar-refractivity contribution in [3.8, 4) is 0 Å². The summed E-state index contributed by atoms with van der Waals surface area (Å²) in [5.41, 5.74) is 1.81. The maximum absolute atomic E-state index is 12.4. The van der Waals surface area contributed by atoms with Gasteiger partial charge in [0.25, 0.3) is 5.91 Å². The summed E-state index contributed by atoms with van der Waals surface area (Å²) < 4.78 is 0. The average molecular weight is 377 g/mol. The summed E-state index contributed by atoms with van der Waals surface area (Å²) in [5, 5.41) is 13.0. The molecule has 0 radical (unpaired) electrons. The highest BCUT2D eigenvalue weighted by Gasteiger charge is 2.15. The second-order valence-corrected chi connectivity index (χ2v) is 6.66. The molecule has 2 N–H and O–H groups in total. The molecule has 3 rings (SSSR count). The van der Waals surface area contributed by atoms with Crippen molar-refractivity contribution in [2.24, 2.45) is 0 Å². The summed E-state index contributed by atoms with van der Waals surface area (Å²) in [5.74, 6) is -0.649. The van der Waals surface area contributed by atoms with Crippen LogP contribution < -0.4 is 10.2 Å². The van der Waals surface area contributed by atoms with Gasteiger partial charge in [-0.3, -0.25) is 4.79 Å². The molecule has 1 heterocycles. The van der Waals surface area contributed by atoms with Gasteiger partial charge in [-0.2, -0.15) is 0 Å². The summed E-state index contributed by atoms with van der Waals surface area (Å²) in [7, 11) is 1.91. The zero-order chi connectivity index (χ0) is 20.1. The molecule has 0 aliphatic heterocycles. The number of aromatic nitrogens is 1. The number of fused-ring (bicyclic) bond motifs is 1. The number of carbonyl (C=O) groups is 2. The number of carboxylic acids is 1. The fraction of sp³-hybridized carbons (Fsp3) is 0.227. The van der Waals surface area contributed by atoms with Gasteiger partial charge in [0, 0.05) is 30.2 Å². The van der Waals surface area contributed by atoms with Crippen LogP contribution in [0.15, 0.2) is 54.6 Å². The van der Waals surface area contributed by atoms with Crippen LogP contribution in [0.5, 0.6) is 0 Å². The molecule has 0 atom stereocenters. The number of pyridine rings is 1. The Morgan fingerprint density at radius 3 is 2.54 bits per heavy atom. The largest absolute Gasteiger partial charge is 0.478 e. The third-order valence-electron chi connectivity index (χ3n) is 4.56. The molecule has 0 bridgehead atoms. The van der Waals surface area contributed by atoms with E-state index in [2.05, 4.69) is 17.2 Å². The Morgan fingerprint density at radius 1 is 1.11 bits per heavy atom. The zero-order valence-electron chi connectivity index (χ0n) is 16.0. The van der Waals surface area contributed by atoms with Crippen LogP contribution in [0.2, 0.25) is 0 Å². The minimum absolute atomic E-state index is 0.166. The van der Waals surface area contributed by atoms with Crippen LogP contribution in [-0.4, -0.2) is 35.6 Å². The van der Waals surface area contributed by atoms with Crippen LogP contribution >= 0.6 is 0 Å². The van der Waals surface area contributed by atoms with E-state index in [1.54, 1.807) is 48.5 Å². The van der Waals surface area contributed by atoms with E-state index in [0.29, 0.717) is 28.0 Å². The SMILES string of the molecule is CCCCN(C)c1cc(C(=O)O)c2cc(NC(=O)c3ccccc3)ccc2n1.